The lowest BCUT2D eigenvalue weighted by molar-refractivity contribution is 0.512. The molecule has 0 aromatic carbocycles. The van der Waals surface area contributed by atoms with E-state index in [1.54, 1.807) is 12.3 Å². The molecule has 0 unspecified atom stereocenters. The zero-order chi connectivity index (χ0) is 11.7. The Kier molecular flexibility index (Phi) is 2.91. The Labute approximate surface area is 101 Å². The summed E-state index contributed by atoms with van der Waals surface area (Å²) >= 11 is 3.25. The molecule has 1 aliphatic carbocycles. The fraction of sp³-hybridized carbons (Fsp3) is 0.300. The van der Waals surface area contributed by atoms with E-state index in [1.165, 1.54) is 0 Å². The number of halogens is 1. The van der Waals surface area contributed by atoms with Crippen LogP contribution in [-0.4, -0.2) is 16.8 Å². The molecule has 0 saturated heterocycles. The fourth-order valence-corrected chi connectivity index (χ4v) is 1.56. The van der Waals surface area contributed by atoms with Crippen LogP contribution in [0.3, 0.4) is 0 Å². The molecule has 1 fully saturated rings. The Morgan fingerprint density at radius 2 is 2.19 bits per heavy atom. The van der Waals surface area contributed by atoms with Crippen LogP contribution in [-0.2, 0) is 4.74 Å². The van der Waals surface area contributed by atoms with Gasteiger partial charge in [0.15, 0.2) is 5.90 Å². The molecule has 0 spiro atoms. The summed E-state index contributed by atoms with van der Waals surface area (Å²) < 4.78 is 5.85. The highest BCUT2D eigenvalue weighted by Gasteiger charge is 2.29. The summed E-state index contributed by atoms with van der Waals surface area (Å²) in [5, 5.41) is 15.3. The second kappa shape index (κ2) is 4.21. The summed E-state index contributed by atoms with van der Waals surface area (Å²) in [6.45, 7) is 0. The van der Waals surface area contributed by atoms with Gasteiger partial charge in [-0.05, 0) is 34.8 Å². The van der Waals surface area contributed by atoms with Crippen LogP contribution < -0.4 is 5.73 Å². The van der Waals surface area contributed by atoms with Crippen LogP contribution in [0.15, 0.2) is 16.7 Å². The van der Waals surface area contributed by atoms with Crippen LogP contribution in [0.25, 0.3) is 0 Å². The lowest BCUT2D eigenvalue weighted by Gasteiger charge is -2.08. The van der Waals surface area contributed by atoms with Crippen LogP contribution in [0, 0.1) is 16.7 Å². The molecule has 1 heterocycles. The Hall–Kier alpha value is -1.43. The second-order valence-corrected chi connectivity index (χ2v) is 4.57. The van der Waals surface area contributed by atoms with Gasteiger partial charge in [-0.25, -0.2) is 4.98 Å². The number of nitrogens with zero attached hydrogens (tertiary/aromatic N) is 1. The van der Waals surface area contributed by atoms with E-state index in [0.29, 0.717) is 5.56 Å². The molecule has 6 heteroatoms. The molecule has 1 aliphatic rings. The number of hydrogen-bond acceptors (Lipinski definition) is 5. The van der Waals surface area contributed by atoms with E-state index in [-0.39, 0.29) is 23.5 Å². The first-order valence-electron chi connectivity index (χ1n) is 4.84. The molecule has 0 amide bonds. The van der Waals surface area contributed by atoms with E-state index >= 15 is 0 Å². The molecule has 5 nitrogen and oxygen atoms in total. The summed E-state index contributed by atoms with van der Waals surface area (Å²) in [6.07, 6.45) is 3.50. The van der Waals surface area contributed by atoms with Crippen molar-refractivity contribution < 1.29 is 4.74 Å². The lowest BCUT2D eigenvalue weighted by atomic mass is 10.2. The zero-order valence-corrected chi connectivity index (χ0v) is 10.0. The standard InChI is InChI=1S/C10H11BrN4O/c11-6-3-7(8(12)15-4-6)10(14)16-9(13)5-1-2-5/h3-5,13-14H,1-2H2,(H2,12,15). The van der Waals surface area contributed by atoms with Crippen molar-refractivity contribution in [2.75, 3.05) is 5.73 Å². The highest BCUT2D eigenvalue weighted by molar-refractivity contribution is 9.10. The minimum atomic E-state index is -0.122. The highest BCUT2D eigenvalue weighted by atomic mass is 79.9. The molecule has 1 aromatic heterocycles. The predicted octanol–water partition coefficient (Wildman–Crippen LogP) is 2.16. The average Bonchev–Trinajstić information content (AvgIpc) is 3.04. The van der Waals surface area contributed by atoms with E-state index in [9.17, 15) is 0 Å². The first-order valence-corrected chi connectivity index (χ1v) is 5.63. The van der Waals surface area contributed by atoms with Crippen molar-refractivity contribution in [1.29, 1.82) is 10.8 Å². The Balaban J connectivity index is 2.13. The van der Waals surface area contributed by atoms with Gasteiger partial charge in [0.05, 0.1) is 5.56 Å². The smallest absolute Gasteiger partial charge is 0.224 e. The summed E-state index contributed by atoms with van der Waals surface area (Å²) in [7, 11) is 0. The molecule has 1 saturated carbocycles. The maximum Gasteiger partial charge on any atom is 0.224 e. The van der Waals surface area contributed by atoms with E-state index < -0.39 is 0 Å². The van der Waals surface area contributed by atoms with E-state index in [4.69, 9.17) is 21.3 Å². The van der Waals surface area contributed by atoms with Gasteiger partial charge in [-0.2, -0.15) is 0 Å². The largest absolute Gasteiger partial charge is 0.425 e. The first kappa shape index (κ1) is 11.1. The molecular formula is C10H11BrN4O. The number of nitrogens with two attached hydrogens (primary N) is 1. The van der Waals surface area contributed by atoms with Crippen LogP contribution in [0.4, 0.5) is 5.82 Å². The van der Waals surface area contributed by atoms with Crippen molar-refractivity contribution in [2.24, 2.45) is 5.92 Å². The predicted molar refractivity (Wildman–Crippen MR) is 64.7 cm³/mol. The van der Waals surface area contributed by atoms with Crippen molar-refractivity contribution in [3.05, 3.63) is 22.3 Å². The van der Waals surface area contributed by atoms with Crippen molar-refractivity contribution in [3.8, 4) is 0 Å². The topological polar surface area (TPSA) is 95.8 Å². The molecule has 16 heavy (non-hydrogen) atoms. The first-order chi connectivity index (χ1) is 7.58. The SMILES string of the molecule is N=C(OC(=N)C1CC1)c1cc(Br)cnc1N. The van der Waals surface area contributed by atoms with Crippen LogP contribution in [0.5, 0.6) is 0 Å². The van der Waals surface area contributed by atoms with Gasteiger partial charge >= 0.3 is 0 Å². The van der Waals surface area contributed by atoms with Crippen LogP contribution in [0.2, 0.25) is 0 Å². The van der Waals surface area contributed by atoms with Gasteiger partial charge in [-0.3, -0.25) is 10.8 Å². The van der Waals surface area contributed by atoms with E-state index in [2.05, 4.69) is 20.9 Å². The van der Waals surface area contributed by atoms with Crippen LogP contribution in [0.1, 0.15) is 18.4 Å². The summed E-state index contributed by atoms with van der Waals surface area (Å²) in [5.74, 6) is 0.436. The minimum Gasteiger partial charge on any atom is -0.425 e. The molecule has 0 bridgehead atoms. The van der Waals surface area contributed by atoms with Gasteiger partial charge < -0.3 is 10.5 Å². The molecular weight excluding hydrogens is 272 g/mol. The number of pyridine rings is 1. The quantitative estimate of drug-likeness (QED) is 0.573. The van der Waals surface area contributed by atoms with Crippen molar-refractivity contribution >= 4 is 33.5 Å². The lowest BCUT2D eigenvalue weighted by Crippen LogP contribution is -2.15. The van der Waals surface area contributed by atoms with Crippen LogP contribution >= 0.6 is 15.9 Å². The van der Waals surface area contributed by atoms with Gasteiger partial charge in [0.2, 0.25) is 5.90 Å². The van der Waals surface area contributed by atoms with Crippen molar-refractivity contribution in [3.63, 3.8) is 0 Å². The maximum absolute atomic E-state index is 7.71. The summed E-state index contributed by atoms with van der Waals surface area (Å²) in [4.78, 5) is 3.91. The summed E-state index contributed by atoms with van der Waals surface area (Å²) in [5.41, 5.74) is 6.04. The zero-order valence-electron chi connectivity index (χ0n) is 8.46. The Morgan fingerprint density at radius 3 is 2.81 bits per heavy atom. The number of nitrogens with one attached hydrogen (secondary N) is 2. The maximum atomic E-state index is 7.71. The molecule has 2 rings (SSSR count). The van der Waals surface area contributed by atoms with E-state index in [1.807, 2.05) is 0 Å². The minimum absolute atomic E-state index is 0.122. The van der Waals surface area contributed by atoms with Crippen molar-refractivity contribution in [2.45, 2.75) is 12.8 Å². The third-order valence-corrected chi connectivity index (χ3v) is 2.72. The molecule has 0 atom stereocenters. The van der Waals surface area contributed by atoms with Crippen molar-refractivity contribution in [1.82, 2.24) is 4.98 Å². The fourth-order valence-electron chi connectivity index (χ4n) is 1.23. The summed E-state index contributed by atoms with van der Waals surface area (Å²) in [6, 6.07) is 1.66. The van der Waals surface area contributed by atoms with Gasteiger partial charge in [-0.1, -0.05) is 0 Å². The number of aromatic nitrogens is 1. The second-order valence-electron chi connectivity index (χ2n) is 3.66. The molecule has 1 aromatic rings. The van der Waals surface area contributed by atoms with E-state index in [0.717, 1.165) is 17.3 Å². The highest BCUT2D eigenvalue weighted by Crippen LogP contribution is 2.30. The molecule has 0 aliphatic heterocycles. The monoisotopic (exact) mass is 282 g/mol. The Bertz CT molecular complexity index is 456. The number of hydrogen-bond donors (Lipinski definition) is 3. The number of anilines is 1. The van der Waals surface area contributed by atoms with Gasteiger partial charge in [-0.15, -0.1) is 0 Å². The average molecular weight is 283 g/mol. The normalized spacial score (nSPS) is 14.6. The molecule has 0 radical (unpaired) electrons. The number of rotatable bonds is 2. The Morgan fingerprint density at radius 1 is 1.50 bits per heavy atom. The third kappa shape index (κ3) is 2.38. The number of nitrogen functional groups attached to an aromatic ring is 1. The third-order valence-electron chi connectivity index (χ3n) is 2.29. The van der Waals surface area contributed by atoms with Gasteiger partial charge in [0.25, 0.3) is 0 Å². The number of ether oxygens (including phenoxy) is 1. The molecule has 84 valence electrons. The van der Waals surface area contributed by atoms with Gasteiger partial charge in [0.1, 0.15) is 5.82 Å². The van der Waals surface area contributed by atoms with Gasteiger partial charge in [0, 0.05) is 16.6 Å². The molecule has 4 N–H and O–H groups in total.